The highest BCUT2D eigenvalue weighted by Crippen LogP contribution is 2.28. The summed E-state index contributed by atoms with van der Waals surface area (Å²) in [4.78, 5) is 12.1. The molecule has 21 heavy (non-hydrogen) atoms. The van der Waals surface area contributed by atoms with Crippen molar-refractivity contribution in [3.8, 4) is 17.2 Å². The topological polar surface area (TPSA) is 44.8 Å². The third kappa shape index (κ3) is 3.89. The Labute approximate surface area is 128 Å². The zero-order valence-electron chi connectivity index (χ0n) is 11.8. The summed E-state index contributed by atoms with van der Waals surface area (Å²) in [5.74, 6) is 1.03. The van der Waals surface area contributed by atoms with E-state index in [1.54, 1.807) is 49.6 Å². The highest BCUT2D eigenvalue weighted by Gasteiger charge is 2.13. The number of ether oxygens (including phenoxy) is 3. The van der Waals surface area contributed by atoms with Crippen molar-refractivity contribution in [3.63, 3.8) is 0 Å². The van der Waals surface area contributed by atoms with Crippen molar-refractivity contribution in [1.29, 1.82) is 0 Å². The first kappa shape index (κ1) is 15.2. The summed E-state index contributed by atoms with van der Waals surface area (Å²) in [7, 11) is 1.55. The first-order valence-electron chi connectivity index (χ1n) is 6.42. The molecule has 110 valence electrons. The lowest BCUT2D eigenvalue weighted by molar-refractivity contribution is 0.0734. The lowest BCUT2D eigenvalue weighted by atomic mass is 10.2. The number of esters is 1. The van der Waals surface area contributed by atoms with Gasteiger partial charge in [0.25, 0.3) is 0 Å². The van der Waals surface area contributed by atoms with E-state index in [4.69, 9.17) is 25.8 Å². The van der Waals surface area contributed by atoms with E-state index in [-0.39, 0.29) is 0 Å². The van der Waals surface area contributed by atoms with E-state index >= 15 is 0 Å². The number of carbonyl (C=O) groups is 1. The van der Waals surface area contributed by atoms with Gasteiger partial charge in [-0.3, -0.25) is 0 Å². The van der Waals surface area contributed by atoms with Gasteiger partial charge in [0.15, 0.2) is 11.5 Å². The molecule has 0 saturated carbocycles. The fourth-order valence-electron chi connectivity index (χ4n) is 1.74. The molecule has 0 bridgehead atoms. The molecule has 0 spiro atoms. The molecular weight excluding hydrogens is 292 g/mol. The Morgan fingerprint density at radius 3 is 2.43 bits per heavy atom. The van der Waals surface area contributed by atoms with Gasteiger partial charge < -0.3 is 14.2 Å². The average molecular weight is 307 g/mol. The van der Waals surface area contributed by atoms with Crippen LogP contribution >= 0.6 is 11.6 Å². The fourth-order valence-corrected chi connectivity index (χ4v) is 1.87. The van der Waals surface area contributed by atoms with Crippen molar-refractivity contribution in [2.75, 3.05) is 13.7 Å². The maximum atomic E-state index is 12.1. The van der Waals surface area contributed by atoms with Crippen molar-refractivity contribution in [1.82, 2.24) is 0 Å². The van der Waals surface area contributed by atoms with Gasteiger partial charge in [0, 0.05) is 5.02 Å². The number of rotatable bonds is 5. The number of hydrogen-bond acceptors (Lipinski definition) is 4. The normalized spacial score (nSPS) is 10.0. The van der Waals surface area contributed by atoms with Crippen LogP contribution in [-0.2, 0) is 0 Å². The van der Waals surface area contributed by atoms with E-state index in [0.717, 1.165) is 0 Å². The summed E-state index contributed by atoms with van der Waals surface area (Å²) in [5, 5.41) is 0.581. The maximum Gasteiger partial charge on any atom is 0.343 e. The molecule has 0 amide bonds. The minimum absolute atomic E-state index is 0.384. The molecule has 4 nitrogen and oxygen atoms in total. The van der Waals surface area contributed by atoms with E-state index in [1.165, 1.54) is 0 Å². The molecule has 0 atom stereocenters. The summed E-state index contributed by atoms with van der Waals surface area (Å²) in [6, 6.07) is 11.5. The Kier molecular flexibility index (Phi) is 5.06. The van der Waals surface area contributed by atoms with Crippen LogP contribution in [0.3, 0.4) is 0 Å². The predicted octanol–water partition coefficient (Wildman–Crippen LogP) is 3.97. The van der Waals surface area contributed by atoms with E-state index in [2.05, 4.69) is 0 Å². The largest absolute Gasteiger partial charge is 0.493 e. The first-order chi connectivity index (χ1) is 10.1. The van der Waals surface area contributed by atoms with Gasteiger partial charge in [-0.25, -0.2) is 4.79 Å². The highest BCUT2D eigenvalue weighted by molar-refractivity contribution is 6.30. The molecular formula is C16H15ClO4. The second-order valence-corrected chi connectivity index (χ2v) is 4.58. The van der Waals surface area contributed by atoms with Crippen LogP contribution in [0.5, 0.6) is 17.2 Å². The lowest BCUT2D eigenvalue weighted by Gasteiger charge is -2.11. The molecule has 0 aliphatic carbocycles. The zero-order chi connectivity index (χ0) is 15.2. The monoisotopic (exact) mass is 306 g/mol. The van der Waals surface area contributed by atoms with Crippen LogP contribution in [0.25, 0.3) is 0 Å². The summed E-state index contributed by atoms with van der Waals surface area (Å²) in [6.45, 7) is 2.34. The van der Waals surface area contributed by atoms with Crippen LogP contribution in [0.1, 0.15) is 17.3 Å². The number of hydrogen-bond donors (Lipinski definition) is 0. The van der Waals surface area contributed by atoms with Gasteiger partial charge in [0.05, 0.1) is 19.3 Å². The van der Waals surface area contributed by atoms with Crippen molar-refractivity contribution < 1.29 is 19.0 Å². The second kappa shape index (κ2) is 6.99. The summed E-state index contributed by atoms with van der Waals surface area (Å²) in [6.07, 6.45) is 0. The molecule has 0 aromatic heterocycles. The Morgan fingerprint density at radius 1 is 1.10 bits per heavy atom. The number of halogens is 1. The van der Waals surface area contributed by atoms with Crippen LogP contribution in [0.15, 0.2) is 42.5 Å². The number of methoxy groups -OCH3 is 1. The van der Waals surface area contributed by atoms with E-state index in [9.17, 15) is 4.79 Å². The summed E-state index contributed by atoms with van der Waals surface area (Å²) >= 11 is 5.78. The van der Waals surface area contributed by atoms with Gasteiger partial charge in [-0.15, -0.1) is 0 Å². The van der Waals surface area contributed by atoms with Crippen LogP contribution in [0.4, 0.5) is 0 Å². The molecule has 0 aliphatic rings. The van der Waals surface area contributed by atoms with Gasteiger partial charge in [-0.1, -0.05) is 11.6 Å². The second-order valence-electron chi connectivity index (χ2n) is 4.14. The van der Waals surface area contributed by atoms with Crippen LogP contribution in [0.2, 0.25) is 5.02 Å². The lowest BCUT2D eigenvalue weighted by Crippen LogP contribution is -2.09. The van der Waals surface area contributed by atoms with Gasteiger partial charge in [-0.05, 0) is 49.4 Å². The minimum Gasteiger partial charge on any atom is -0.493 e. The maximum absolute atomic E-state index is 12.1. The Hall–Kier alpha value is -2.20. The van der Waals surface area contributed by atoms with E-state index in [0.29, 0.717) is 34.4 Å². The molecule has 2 aromatic carbocycles. The van der Waals surface area contributed by atoms with Crippen molar-refractivity contribution in [3.05, 3.63) is 53.1 Å². The summed E-state index contributed by atoms with van der Waals surface area (Å²) in [5.41, 5.74) is 0.384. The molecule has 0 unspecified atom stereocenters. The molecule has 0 N–H and O–H groups in total. The molecule has 2 rings (SSSR count). The molecule has 2 aromatic rings. The molecule has 0 radical (unpaired) electrons. The van der Waals surface area contributed by atoms with Crippen LogP contribution in [0, 0.1) is 0 Å². The van der Waals surface area contributed by atoms with Crippen molar-refractivity contribution in [2.45, 2.75) is 6.92 Å². The fraction of sp³-hybridized carbons (Fsp3) is 0.188. The van der Waals surface area contributed by atoms with E-state index < -0.39 is 5.97 Å². The quantitative estimate of drug-likeness (QED) is 0.619. The molecule has 0 fully saturated rings. The third-order valence-electron chi connectivity index (χ3n) is 2.72. The highest BCUT2D eigenvalue weighted by atomic mass is 35.5. The molecule has 0 saturated heterocycles. The van der Waals surface area contributed by atoms with E-state index in [1.807, 2.05) is 6.92 Å². The number of benzene rings is 2. The number of carbonyl (C=O) groups excluding carboxylic acids is 1. The summed E-state index contributed by atoms with van der Waals surface area (Å²) < 4.78 is 15.9. The van der Waals surface area contributed by atoms with Crippen molar-refractivity contribution in [2.24, 2.45) is 0 Å². The Balaban J connectivity index is 2.18. The van der Waals surface area contributed by atoms with Gasteiger partial charge in [-0.2, -0.15) is 0 Å². The standard InChI is InChI=1S/C16H15ClO4/c1-3-20-15-10-11(4-9-14(15)19-2)16(18)21-13-7-5-12(17)6-8-13/h4-10H,3H2,1-2H3. The van der Waals surface area contributed by atoms with Gasteiger partial charge in [0.1, 0.15) is 5.75 Å². The Bertz CT molecular complexity index is 623. The minimum atomic E-state index is -0.471. The molecule has 0 heterocycles. The van der Waals surface area contributed by atoms with Gasteiger partial charge >= 0.3 is 5.97 Å². The van der Waals surface area contributed by atoms with Crippen LogP contribution < -0.4 is 14.2 Å². The third-order valence-corrected chi connectivity index (χ3v) is 2.98. The zero-order valence-corrected chi connectivity index (χ0v) is 12.5. The predicted molar refractivity (Wildman–Crippen MR) is 80.6 cm³/mol. The van der Waals surface area contributed by atoms with Crippen LogP contribution in [-0.4, -0.2) is 19.7 Å². The first-order valence-corrected chi connectivity index (χ1v) is 6.80. The SMILES string of the molecule is CCOc1cc(C(=O)Oc2ccc(Cl)cc2)ccc1OC. The Morgan fingerprint density at radius 2 is 1.81 bits per heavy atom. The molecule has 0 aliphatic heterocycles. The smallest absolute Gasteiger partial charge is 0.343 e. The van der Waals surface area contributed by atoms with Crippen molar-refractivity contribution >= 4 is 17.6 Å². The van der Waals surface area contributed by atoms with Gasteiger partial charge in [0.2, 0.25) is 0 Å². The molecule has 5 heteroatoms. The average Bonchev–Trinajstić information content (AvgIpc) is 2.50.